The Balaban J connectivity index is 1.44. The summed E-state index contributed by atoms with van der Waals surface area (Å²) in [5, 5.41) is 19.6. The molecule has 0 unspecified atom stereocenters. The Morgan fingerprint density at radius 3 is 1.27 bits per heavy atom. The smallest absolute Gasteiger partial charge is 0.206 e. The summed E-state index contributed by atoms with van der Waals surface area (Å²) in [6.07, 6.45) is 0. The summed E-state index contributed by atoms with van der Waals surface area (Å²) in [6.45, 7) is 6.43. The fourth-order valence-electron chi connectivity index (χ4n) is 3.51. The van der Waals surface area contributed by atoms with Gasteiger partial charge in [0.2, 0.25) is 9.84 Å². The van der Waals surface area contributed by atoms with E-state index in [0.29, 0.717) is 34.1 Å². The van der Waals surface area contributed by atoms with Gasteiger partial charge < -0.3 is 19.7 Å². The Morgan fingerprint density at radius 2 is 0.927 bits per heavy atom. The monoisotopic (exact) mass is 566 g/mol. The van der Waals surface area contributed by atoms with Gasteiger partial charge in [0, 0.05) is 11.1 Å². The lowest BCUT2D eigenvalue weighted by Gasteiger charge is -2.10. The maximum atomic E-state index is 13.2. The number of ether oxygens (including phenoxy) is 2. The van der Waals surface area contributed by atoms with Gasteiger partial charge in [-0.3, -0.25) is 0 Å². The second-order valence-electron chi connectivity index (χ2n) is 10.3. The zero-order valence-corrected chi connectivity index (χ0v) is 24.0. The lowest BCUT2D eigenvalue weighted by molar-refractivity contribution is 0.143. The highest BCUT2D eigenvalue weighted by Gasteiger charge is 2.18. The van der Waals surface area contributed by atoms with Crippen molar-refractivity contribution < 1.29 is 28.1 Å². The Bertz CT molecular complexity index is 1630. The van der Waals surface area contributed by atoms with Gasteiger partial charge in [0.05, 0.1) is 9.79 Å². The molecule has 0 aromatic heterocycles. The first-order valence-electron chi connectivity index (χ1n) is 12.8. The Hall–Kier alpha value is -4.53. The summed E-state index contributed by atoms with van der Waals surface area (Å²) in [4.78, 5) is 0.253. The molecule has 208 valence electrons. The van der Waals surface area contributed by atoms with E-state index in [2.05, 4.69) is 23.7 Å². The van der Waals surface area contributed by atoms with Crippen molar-refractivity contribution in [2.45, 2.75) is 48.7 Å². The molecule has 6 nitrogen and oxygen atoms in total. The topological polar surface area (TPSA) is 93.1 Å². The van der Waals surface area contributed by atoms with E-state index in [1.54, 1.807) is 88.4 Å². The van der Waals surface area contributed by atoms with E-state index in [4.69, 9.17) is 9.47 Å². The van der Waals surface area contributed by atoms with Crippen molar-refractivity contribution in [3.8, 4) is 46.7 Å². The van der Waals surface area contributed by atoms with E-state index in [-0.39, 0.29) is 9.79 Å². The Morgan fingerprint density at radius 1 is 0.561 bits per heavy atom. The molecule has 0 radical (unpaired) electrons. The van der Waals surface area contributed by atoms with Crippen LogP contribution in [0.3, 0.4) is 0 Å². The summed E-state index contributed by atoms with van der Waals surface area (Å²) < 4.78 is 38.2. The van der Waals surface area contributed by atoms with Gasteiger partial charge in [-0.05, 0) is 113 Å². The molecule has 0 bridgehead atoms. The number of aliphatic hydroxyl groups is 2. The van der Waals surface area contributed by atoms with E-state index in [9.17, 15) is 18.6 Å². The zero-order valence-electron chi connectivity index (χ0n) is 23.2. The molecule has 2 N–H and O–H groups in total. The van der Waals surface area contributed by atoms with Crippen LogP contribution in [0.2, 0.25) is 0 Å². The average molecular weight is 567 g/mol. The van der Waals surface area contributed by atoms with E-state index < -0.39 is 21.0 Å². The maximum absolute atomic E-state index is 13.2. The van der Waals surface area contributed by atoms with Crippen LogP contribution in [-0.2, 0) is 9.84 Å². The summed E-state index contributed by atoms with van der Waals surface area (Å²) in [6, 6.07) is 26.6. The number of rotatable bonds is 6. The third-order valence-electron chi connectivity index (χ3n) is 5.43. The van der Waals surface area contributed by atoms with Gasteiger partial charge in [0.15, 0.2) is 0 Å². The summed E-state index contributed by atoms with van der Waals surface area (Å²) in [5.74, 6) is 13.3. The van der Waals surface area contributed by atoms with Crippen molar-refractivity contribution in [1.82, 2.24) is 0 Å². The van der Waals surface area contributed by atoms with Crippen LogP contribution < -0.4 is 9.47 Å². The number of hydrogen-bond acceptors (Lipinski definition) is 6. The van der Waals surface area contributed by atoms with Gasteiger partial charge in [-0.1, -0.05) is 35.8 Å². The molecule has 4 aromatic rings. The van der Waals surface area contributed by atoms with Crippen molar-refractivity contribution >= 4 is 9.84 Å². The lowest BCUT2D eigenvalue weighted by Crippen LogP contribution is -2.14. The standard InChI is InChI=1S/C34H30O6S/c1-33(2,35)21-19-25-7-5-9-29(23-25)39-27-11-15-31(16-12-27)41(37,38)32-17-13-28(14-18-32)40-30-10-6-8-26(24-30)20-22-34(3,4)36/h5-18,23-24,35-36H,1-4H3. The highest BCUT2D eigenvalue weighted by Crippen LogP contribution is 2.29. The summed E-state index contributed by atoms with van der Waals surface area (Å²) >= 11 is 0. The number of hydrogen-bond donors (Lipinski definition) is 2. The summed E-state index contributed by atoms with van der Waals surface area (Å²) in [5.41, 5.74) is -0.843. The first kappa shape index (κ1) is 29.5. The SMILES string of the molecule is CC(C)(O)C#Cc1cccc(Oc2ccc(S(=O)(=O)c3ccc(Oc4cccc(C#CC(C)(C)O)c4)cc3)cc2)c1. The Labute approximate surface area is 241 Å². The molecular weight excluding hydrogens is 536 g/mol. The van der Waals surface area contributed by atoms with Crippen LogP contribution >= 0.6 is 0 Å². The molecule has 0 spiro atoms. The highest BCUT2D eigenvalue weighted by atomic mass is 32.2. The van der Waals surface area contributed by atoms with Gasteiger partial charge >= 0.3 is 0 Å². The molecule has 4 rings (SSSR count). The van der Waals surface area contributed by atoms with Crippen LogP contribution in [0.5, 0.6) is 23.0 Å². The lowest BCUT2D eigenvalue weighted by atomic mass is 10.1. The van der Waals surface area contributed by atoms with E-state index >= 15 is 0 Å². The van der Waals surface area contributed by atoms with Crippen LogP contribution in [0, 0.1) is 23.7 Å². The number of benzene rings is 4. The van der Waals surface area contributed by atoms with Crippen LogP contribution in [-0.4, -0.2) is 29.8 Å². The van der Waals surface area contributed by atoms with E-state index in [1.165, 1.54) is 24.3 Å². The molecule has 0 saturated heterocycles. The minimum absolute atomic E-state index is 0.126. The summed E-state index contributed by atoms with van der Waals surface area (Å²) in [7, 11) is -3.77. The average Bonchev–Trinajstić information content (AvgIpc) is 2.91. The van der Waals surface area contributed by atoms with Gasteiger partial charge in [-0.25, -0.2) is 8.42 Å². The molecule has 0 atom stereocenters. The maximum Gasteiger partial charge on any atom is 0.206 e. The fraction of sp³-hybridized carbons (Fsp3) is 0.176. The minimum Gasteiger partial charge on any atom is -0.457 e. The molecule has 41 heavy (non-hydrogen) atoms. The second kappa shape index (κ2) is 11.9. The molecule has 0 aliphatic heterocycles. The molecule has 4 aromatic carbocycles. The molecule has 0 aliphatic rings. The van der Waals surface area contributed by atoms with Gasteiger partial charge in [-0.2, -0.15) is 0 Å². The molecular formula is C34H30O6S. The molecule has 0 heterocycles. The molecule has 0 saturated carbocycles. The van der Waals surface area contributed by atoms with Crippen LogP contribution in [0.1, 0.15) is 38.8 Å². The molecule has 0 fully saturated rings. The normalized spacial score (nSPS) is 11.5. The third-order valence-corrected chi connectivity index (χ3v) is 7.22. The van der Waals surface area contributed by atoms with Crippen LogP contribution in [0.15, 0.2) is 107 Å². The fourth-order valence-corrected chi connectivity index (χ4v) is 4.77. The van der Waals surface area contributed by atoms with E-state index in [1.807, 2.05) is 12.1 Å². The zero-order chi connectivity index (χ0) is 29.7. The second-order valence-corrected chi connectivity index (χ2v) is 12.3. The molecule has 7 heteroatoms. The third kappa shape index (κ3) is 8.73. The quantitative estimate of drug-likeness (QED) is 0.264. The van der Waals surface area contributed by atoms with Gasteiger partial charge in [-0.15, -0.1) is 0 Å². The van der Waals surface area contributed by atoms with Crippen LogP contribution in [0.4, 0.5) is 0 Å². The predicted octanol–water partition coefficient (Wildman–Crippen LogP) is 6.35. The first-order valence-corrected chi connectivity index (χ1v) is 14.3. The first-order chi connectivity index (χ1) is 19.3. The largest absolute Gasteiger partial charge is 0.457 e. The van der Waals surface area contributed by atoms with Gasteiger partial charge in [0.1, 0.15) is 34.2 Å². The van der Waals surface area contributed by atoms with Crippen molar-refractivity contribution in [3.63, 3.8) is 0 Å². The van der Waals surface area contributed by atoms with Crippen molar-refractivity contribution in [3.05, 3.63) is 108 Å². The number of sulfone groups is 1. The van der Waals surface area contributed by atoms with Crippen molar-refractivity contribution in [1.29, 1.82) is 0 Å². The van der Waals surface area contributed by atoms with E-state index in [0.717, 1.165) is 0 Å². The molecule has 0 aliphatic carbocycles. The Kier molecular flexibility index (Phi) is 8.56. The molecule has 0 amide bonds. The minimum atomic E-state index is -3.77. The van der Waals surface area contributed by atoms with Crippen molar-refractivity contribution in [2.75, 3.05) is 0 Å². The highest BCUT2D eigenvalue weighted by molar-refractivity contribution is 7.91. The van der Waals surface area contributed by atoms with Gasteiger partial charge in [0.25, 0.3) is 0 Å². The van der Waals surface area contributed by atoms with Crippen LogP contribution in [0.25, 0.3) is 0 Å². The van der Waals surface area contributed by atoms with Crippen molar-refractivity contribution in [2.24, 2.45) is 0 Å². The predicted molar refractivity (Wildman–Crippen MR) is 158 cm³/mol.